The second-order valence-corrected chi connectivity index (χ2v) is 4.03. The zero-order valence-electron chi connectivity index (χ0n) is 8.95. The summed E-state index contributed by atoms with van der Waals surface area (Å²) in [5.41, 5.74) is 0.840. The lowest BCUT2D eigenvalue weighted by atomic mass is 10.2. The summed E-state index contributed by atoms with van der Waals surface area (Å²) in [6.45, 7) is 0. The van der Waals surface area contributed by atoms with Crippen LogP contribution in [0.2, 0.25) is 0 Å². The lowest BCUT2D eigenvalue weighted by Crippen LogP contribution is -2.08. The van der Waals surface area contributed by atoms with E-state index >= 15 is 0 Å². The molecule has 0 radical (unpaired) electrons. The van der Waals surface area contributed by atoms with Gasteiger partial charge in [0.15, 0.2) is 5.69 Å². The number of hydrogen-bond acceptors (Lipinski definition) is 4. The highest BCUT2D eigenvalue weighted by Crippen LogP contribution is 2.39. The fourth-order valence-electron chi connectivity index (χ4n) is 1.64. The first-order chi connectivity index (χ1) is 8.24. The fraction of sp³-hybridized carbons (Fsp3) is 0.273. The Morgan fingerprint density at radius 1 is 1.41 bits per heavy atom. The van der Waals surface area contributed by atoms with Crippen molar-refractivity contribution in [3.63, 3.8) is 0 Å². The zero-order valence-corrected chi connectivity index (χ0v) is 8.95. The number of nitrogens with zero attached hydrogens (tertiary/aromatic N) is 4. The van der Waals surface area contributed by atoms with Gasteiger partial charge >= 0.3 is 5.97 Å². The summed E-state index contributed by atoms with van der Waals surface area (Å²) in [7, 11) is 0. The van der Waals surface area contributed by atoms with Crippen molar-refractivity contribution in [1.29, 1.82) is 0 Å². The van der Waals surface area contributed by atoms with Gasteiger partial charge in [-0.3, -0.25) is 4.57 Å². The van der Waals surface area contributed by atoms with Gasteiger partial charge in [-0.1, -0.05) is 0 Å². The van der Waals surface area contributed by atoms with Gasteiger partial charge in [0.25, 0.3) is 0 Å². The second-order valence-electron chi connectivity index (χ2n) is 4.03. The van der Waals surface area contributed by atoms with E-state index in [9.17, 15) is 4.79 Å². The van der Waals surface area contributed by atoms with E-state index in [0.717, 1.165) is 18.5 Å². The van der Waals surface area contributed by atoms with E-state index in [2.05, 4.69) is 15.0 Å². The van der Waals surface area contributed by atoms with E-state index in [4.69, 9.17) is 5.11 Å². The summed E-state index contributed by atoms with van der Waals surface area (Å²) < 4.78 is 1.61. The monoisotopic (exact) mass is 230 g/mol. The third-order valence-corrected chi connectivity index (χ3v) is 2.68. The average Bonchev–Trinajstić information content (AvgIpc) is 3.04. The largest absolute Gasteiger partial charge is 0.477 e. The van der Waals surface area contributed by atoms with Gasteiger partial charge in [-0.25, -0.2) is 19.7 Å². The fourth-order valence-corrected chi connectivity index (χ4v) is 1.64. The molecule has 0 spiro atoms. The molecule has 1 N–H and O–H groups in total. The van der Waals surface area contributed by atoms with Crippen molar-refractivity contribution in [2.24, 2.45) is 0 Å². The molecule has 0 aromatic carbocycles. The summed E-state index contributed by atoms with van der Waals surface area (Å²) in [6.07, 6.45) is 6.99. The van der Waals surface area contributed by atoms with Crippen LogP contribution in [0.3, 0.4) is 0 Å². The maximum atomic E-state index is 11.0. The van der Waals surface area contributed by atoms with Gasteiger partial charge in [0, 0.05) is 24.0 Å². The number of aromatic nitrogens is 4. The molecule has 0 aliphatic heterocycles. The van der Waals surface area contributed by atoms with Crippen LogP contribution in [0.4, 0.5) is 0 Å². The average molecular weight is 230 g/mol. The van der Waals surface area contributed by atoms with E-state index in [1.165, 1.54) is 0 Å². The van der Waals surface area contributed by atoms with Crippen molar-refractivity contribution in [2.75, 3.05) is 0 Å². The highest BCUT2D eigenvalue weighted by molar-refractivity contribution is 5.85. The summed E-state index contributed by atoms with van der Waals surface area (Å²) in [6, 6.07) is 1.56. The van der Waals surface area contributed by atoms with Crippen molar-refractivity contribution in [3.8, 4) is 5.95 Å². The highest BCUT2D eigenvalue weighted by Gasteiger charge is 2.27. The summed E-state index contributed by atoms with van der Waals surface area (Å²) in [5, 5.41) is 9.02. The van der Waals surface area contributed by atoms with Crippen molar-refractivity contribution in [2.45, 2.75) is 18.8 Å². The number of carboxylic acid groups (broad SMARTS) is 1. The number of hydrogen-bond donors (Lipinski definition) is 1. The maximum absolute atomic E-state index is 11.0. The van der Waals surface area contributed by atoms with Gasteiger partial charge in [0.1, 0.15) is 6.33 Å². The summed E-state index contributed by atoms with van der Waals surface area (Å²) >= 11 is 0. The molecular weight excluding hydrogens is 220 g/mol. The van der Waals surface area contributed by atoms with Crippen LogP contribution >= 0.6 is 0 Å². The molecule has 0 bridgehead atoms. The van der Waals surface area contributed by atoms with Crippen molar-refractivity contribution < 1.29 is 9.90 Å². The molecule has 0 atom stereocenters. The number of aromatic carboxylic acids is 1. The normalized spacial score (nSPS) is 14.8. The van der Waals surface area contributed by atoms with Crippen LogP contribution in [0.5, 0.6) is 0 Å². The third-order valence-electron chi connectivity index (χ3n) is 2.68. The van der Waals surface area contributed by atoms with Gasteiger partial charge in [0.05, 0.1) is 0 Å². The standard InChI is InChI=1S/C11H10N4O2/c16-10(17)9-5-8(7-1-2-7)13-11(14-9)15-4-3-12-6-15/h3-7H,1-2H2,(H,16,17). The minimum atomic E-state index is -1.03. The topological polar surface area (TPSA) is 80.9 Å². The van der Waals surface area contributed by atoms with Crippen LogP contribution in [0.1, 0.15) is 34.9 Å². The molecule has 17 heavy (non-hydrogen) atoms. The van der Waals surface area contributed by atoms with Gasteiger partial charge < -0.3 is 5.11 Å². The number of carboxylic acids is 1. The number of rotatable bonds is 3. The van der Waals surface area contributed by atoms with Crippen molar-refractivity contribution in [3.05, 3.63) is 36.2 Å². The number of imidazole rings is 1. The Bertz CT molecular complexity index is 561. The maximum Gasteiger partial charge on any atom is 0.354 e. The van der Waals surface area contributed by atoms with Gasteiger partial charge in [-0.15, -0.1) is 0 Å². The first kappa shape index (κ1) is 9.95. The van der Waals surface area contributed by atoms with E-state index in [-0.39, 0.29) is 5.69 Å². The Morgan fingerprint density at radius 2 is 2.24 bits per heavy atom. The Balaban J connectivity index is 2.11. The van der Waals surface area contributed by atoms with Crippen LogP contribution in [-0.4, -0.2) is 30.6 Å². The Labute approximate surface area is 97.0 Å². The molecule has 0 saturated heterocycles. The van der Waals surface area contributed by atoms with Crippen LogP contribution in [0.25, 0.3) is 5.95 Å². The quantitative estimate of drug-likeness (QED) is 0.857. The lowest BCUT2D eigenvalue weighted by molar-refractivity contribution is 0.0690. The molecule has 1 aliphatic rings. The third kappa shape index (κ3) is 1.89. The SMILES string of the molecule is O=C(O)c1cc(C2CC2)nc(-n2ccnc2)n1. The Kier molecular flexibility index (Phi) is 2.14. The molecule has 0 amide bonds. The molecular formula is C11H10N4O2. The first-order valence-corrected chi connectivity index (χ1v) is 5.34. The molecule has 1 aliphatic carbocycles. The molecule has 2 aromatic rings. The smallest absolute Gasteiger partial charge is 0.354 e. The molecule has 6 nitrogen and oxygen atoms in total. The predicted octanol–water partition coefficient (Wildman–Crippen LogP) is 1.24. The minimum Gasteiger partial charge on any atom is -0.477 e. The first-order valence-electron chi connectivity index (χ1n) is 5.34. The molecule has 1 fully saturated rings. The summed E-state index contributed by atoms with van der Waals surface area (Å²) in [4.78, 5) is 23.3. The molecule has 3 rings (SSSR count). The molecule has 2 heterocycles. The minimum absolute atomic E-state index is 0.0330. The summed E-state index contributed by atoms with van der Waals surface area (Å²) in [5.74, 6) is -0.279. The van der Waals surface area contributed by atoms with E-state index in [1.54, 1.807) is 29.4 Å². The molecule has 2 aromatic heterocycles. The van der Waals surface area contributed by atoms with E-state index < -0.39 is 5.97 Å². The van der Waals surface area contributed by atoms with Crippen molar-refractivity contribution >= 4 is 5.97 Å². The number of carbonyl (C=O) groups is 1. The van der Waals surface area contributed by atoms with Crippen LogP contribution < -0.4 is 0 Å². The van der Waals surface area contributed by atoms with Gasteiger partial charge in [0.2, 0.25) is 5.95 Å². The molecule has 0 unspecified atom stereocenters. The second kappa shape index (κ2) is 3.65. The lowest BCUT2D eigenvalue weighted by Gasteiger charge is -2.05. The van der Waals surface area contributed by atoms with Gasteiger partial charge in [-0.05, 0) is 18.9 Å². The Morgan fingerprint density at radius 3 is 2.82 bits per heavy atom. The van der Waals surface area contributed by atoms with Crippen LogP contribution in [0, 0.1) is 0 Å². The van der Waals surface area contributed by atoms with Crippen LogP contribution in [0.15, 0.2) is 24.8 Å². The Hall–Kier alpha value is -2.24. The highest BCUT2D eigenvalue weighted by atomic mass is 16.4. The van der Waals surface area contributed by atoms with E-state index in [1.807, 2.05) is 0 Å². The molecule has 86 valence electrons. The van der Waals surface area contributed by atoms with E-state index in [0.29, 0.717) is 11.9 Å². The zero-order chi connectivity index (χ0) is 11.8. The molecule has 6 heteroatoms. The predicted molar refractivity (Wildman–Crippen MR) is 58.1 cm³/mol. The van der Waals surface area contributed by atoms with Crippen molar-refractivity contribution in [1.82, 2.24) is 19.5 Å². The van der Waals surface area contributed by atoms with Crippen LogP contribution in [-0.2, 0) is 0 Å². The van der Waals surface area contributed by atoms with Gasteiger partial charge in [-0.2, -0.15) is 0 Å². The molecule has 1 saturated carbocycles.